The molecule has 0 unspecified atom stereocenters. The molecule has 0 spiro atoms. The number of para-hydroxylation sites is 1. The van der Waals surface area contributed by atoms with Crippen molar-refractivity contribution < 1.29 is 9.18 Å². The first-order valence-corrected chi connectivity index (χ1v) is 8.39. The molecule has 0 aliphatic rings. The molecule has 122 valence electrons. The van der Waals surface area contributed by atoms with Crippen LogP contribution in [0.5, 0.6) is 0 Å². The molecule has 0 bridgehead atoms. The van der Waals surface area contributed by atoms with E-state index in [0.717, 1.165) is 5.69 Å². The number of rotatable bonds is 5. The second-order valence-electron chi connectivity index (χ2n) is 5.23. The summed E-state index contributed by atoms with van der Waals surface area (Å²) in [6.45, 7) is 2.03. The summed E-state index contributed by atoms with van der Waals surface area (Å²) in [6, 6.07) is 14.1. The highest BCUT2D eigenvalue weighted by atomic mass is 32.2. The highest BCUT2D eigenvalue weighted by molar-refractivity contribution is 7.99. The van der Waals surface area contributed by atoms with Crippen LogP contribution in [0, 0.1) is 12.7 Å². The fourth-order valence-electron chi connectivity index (χ4n) is 2.18. The Balaban J connectivity index is 1.65. The largest absolute Gasteiger partial charge is 0.323 e. The third-order valence-corrected chi connectivity index (χ3v) is 4.37. The van der Waals surface area contributed by atoms with E-state index in [0.29, 0.717) is 5.16 Å². The van der Waals surface area contributed by atoms with E-state index >= 15 is 0 Å². The van der Waals surface area contributed by atoms with Gasteiger partial charge in [0.1, 0.15) is 5.82 Å². The lowest BCUT2D eigenvalue weighted by Gasteiger charge is -2.08. The second-order valence-corrected chi connectivity index (χ2v) is 6.17. The maximum absolute atomic E-state index is 13.5. The molecule has 1 heterocycles. The summed E-state index contributed by atoms with van der Waals surface area (Å²) in [4.78, 5) is 16.3. The normalized spacial score (nSPS) is 10.6. The zero-order chi connectivity index (χ0) is 16.9. The number of anilines is 1. The number of amides is 1. The lowest BCUT2D eigenvalue weighted by Crippen LogP contribution is -2.15. The van der Waals surface area contributed by atoms with Crippen molar-refractivity contribution in [1.29, 1.82) is 0 Å². The van der Waals surface area contributed by atoms with Crippen LogP contribution in [-0.2, 0) is 4.79 Å². The van der Waals surface area contributed by atoms with Crippen molar-refractivity contribution in [1.82, 2.24) is 9.55 Å². The van der Waals surface area contributed by atoms with Crippen LogP contribution >= 0.6 is 11.8 Å². The molecular formula is C18H16FN3OS. The molecule has 4 nitrogen and oxygen atoms in total. The first-order chi connectivity index (χ1) is 11.6. The van der Waals surface area contributed by atoms with Gasteiger partial charge in [-0.1, -0.05) is 41.6 Å². The Morgan fingerprint density at radius 3 is 2.71 bits per heavy atom. The Hall–Kier alpha value is -2.60. The molecule has 0 aliphatic carbocycles. The van der Waals surface area contributed by atoms with E-state index in [-0.39, 0.29) is 17.3 Å². The molecule has 0 atom stereocenters. The first-order valence-electron chi connectivity index (χ1n) is 7.41. The van der Waals surface area contributed by atoms with E-state index in [4.69, 9.17) is 0 Å². The zero-order valence-corrected chi connectivity index (χ0v) is 13.9. The van der Waals surface area contributed by atoms with Gasteiger partial charge in [-0.15, -0.1) is 0 Å². The summed E-state index contributed by atoms with van der Waals surface area (Å²) in [7, 11) is 0. The van der Waals surface area contributed by atoms with Gasteiger partial charge < -0.3 is 5.32 Å². The van der Waals surface area contributed by atoms with Crippen molar-refractivity contribution in [2.45, 2.75) is 12.1 Å². The van der Waals surface area contributed by atoms with Gasteiger partial charge in [0, 0.05) is 18.1 Å². The summed E-state index contributed by atoms with van der Waals surface area (Å²) in [5.41, 5.74) is 2.34. The summed E-state index contributed by atoms with van der Waals surface area (Å²) in [5.74, 6) is -0.572. The fourth-order valence-corrected chi connectivity index (χ4v) is 2.95. The van der Waals surface area contributed by atoms with Crippen molar-refractivity contribution >= 4 is 23.4 Å². The van der Waals surface area contributed by atoms with Crippen LogP contribution in [-0.4, -0.2) is 21.2 Å². The van der Waals surface area contributed by atoms with Crippen molar-refractivity contribution in [2.24, 2.45) is 0 Å². The van der Waals surface area contributed by atoms with E-state index < -0.39 is 5.82 Å². The number of benzene rings is 2. The lowest BCUT2D eigenvalue weighted by atomic mass is 10.2. The van der Waals surface area contributed by atoms with Gasteiger partial charge in [-0.2, -0.15) is 0 Å². The van der Waals surface area contributed by atoms with Gasteiger partial charge in [-0.25, -0.2) is 9.37 Å². The third kappa shape index (κ3) is 3.83. The summed E-state index contributed by atoms with van der Waals surface area (Å²) in [6.07, 6.45) is 3.54. The Labute approximate surface area is 143 Å². The molecule has 6 heteroatoms. The summed E-state index contributed by atoms with van der Waals surface area (Å²) < 4.78 is 15.5. The Morgan fingerprint density at radius 2 is 1.96 bits per heavy atom. The minimum Gasteiger partial charge on any atom is -0.323 e. The summed E-state index contributed by atoms with van der Waals surface area (Å²) in [5, 5.41) is 3.28. The molecule has 0 saturated heterocycles. The van der Waals surface area contributed by atoms with E-state index in [1.807, 2.05) is 42.0 Å². The molecule has 2 aromatic carbocycles. The molecule has 0 fully saturated rings. The van der Waals surface area contributed by atoms with Crippen molar-refractivity contribution in [2.75, 3.05) is 11.1 Å². The van der Waals surface area contributed by atoms with Gasteiger partial charge in [-0.3, -0.25) is 9.36 Å². The molecule has 0 radical (unpaired) electrons. The molecule has 0 aliphatic heterocycles. The van der Waals surface area contributed by atoms with Gasteiger partial charge in [0.15, 0.2) is 5.16 Å². The van der Waals surface area contributed by atoms with Crippen LogP contribution in [0.1, 0.15) is 5.56 Å². The predicted molar refractivity (Wildman–Crippen MR) is 94.1 cm³/mol. The van der Waals surface area contributed by atoms with Gasteiger partial charge in [0.25, 0.3) is 0 Å². The van der Waals surface area contributed by atoms with Crippen molar-refractivity contribution in [3.63, 3.8) is 0 Å². The Kier molecular flexibility index (Phi) is 4.96. The number of hydrogen-bond donors (Lipinski definition) is 1. The number of aryl methyl sites for hydroxylation is 1. The highest BCUT2D eigenvalue weighted by Gasteiger charge is 2.10. The molecule has 1 amide bonds. The standard InChI is InChI=1S/C18H16FN3OS/c1-13-6-8-14(9-7-13)22-11-10-20-18(22)24-12-17(23)21-16-5-3-2-4-15(16)19/h2-11H,12H2,1H3,(H,21,23). The van der Waals surface area contributed by atoms with E-state index in [1.165, 1.54) is 29.5 Å². The van der Waals surface area contributed by atoms with Crippen LogP contribution in [0.4, 0.5) is 10.1 Å². The van der Waals surface area contributed by atoms with Gasteiger partial charge in [-0.05, 0) is 31.2 Å². The first kappa shape index (κ1) is 16.3. The monoisotopic (exact) mass is 341 g/mol. The molecule has 3 aromatic rings. The quantitative estimate of drug-likeness (QED) is 0.712. The lowest BCUT2D eigenvalue weighted by molar-refractivity contribution is -0.113. The molecular weight excluding hydrogens is 325 g/mol. The van der Waals surface area contributed by atoms with E-state index in [2.05, 4.69) is 10.3 Å². The van der Waals surface area contributed by atoms with Gasteiger partial charge in [0.05, 0.1) is 11.4 Å². The molecule has 1 aromatic heterocycles. The maximum Gasteiger partial charge on any atom is 0.234 e. The average Bonchev–Trinajstić information content (AvgIpc) is 3.04. The number of thioether (sulfide) groups is 1. The molecule has 0 saturated carbocycles. The number of carbonyl (C=O) groups excluding carboxylic acids is 1. The molecule has 24 heavy (non-hydrogen) atoms. The number of aromatic nitrogens is 2. The number of nitrogens with one attached hydrogen (secondary N) is 1. The Bertz CT molecular complexity index is 845. The van der Waals surface area contributed by atoms with Crippen molar-refractivity contribution in [3.8, 4) is 5.69 Å². The summed E-state index contributed by atoms with van der Waals surface area (Å²) >= 11 is 1.30. The van der Waals surface area contributed by atoms with Crippen LogP contribution in [0.15, 0.2) is 66.1 Å². The highest BCUT2D eigenvalue weighted by Crippen LogP contribution is 2.21. The number of carbonyl (C=O) groups is 1. The third-order valence-electron chi connectivity index (χ3n) is 3.40. The number of imidazole rings is 1. The predicted octanol–water partition coefficient (Wildman–Crippen LogP) is 4.05. The zero-order valence-electron chi connectivity index (χ0n) is 13.1. The van der Waals surface area contributed by atoms with Gasteiger partial charge in [0.2, 0.25) is 5.91 Å². The van der Waals surface area contributed by atoms with Crippen LogP contribution in [0.3, 0.4) is 0 Å². The smallest absolute Gasteiger partial charge is 0.234 e. The van der Waals surface area contributed by atoms with Gasteiger partial charge >= 0.3 is 0 Å². The van der Waals surface area contributed by atoms with E-state index in [9.17, 15) is 9.18 Å². The average molecular weight is 341 g/mol. The van der Waals surface area contributed by atoms with Crippen LogP contribution < -0.4 is 5.32 Å². The maximum atomic E-state index is 13.5. The molecule has 3 rings (SSSR count). The number of halogens is 1. The van der Waals surface area contributed by atoms with Crippen LogP contribution in [0.2, 0.25) is 0 Å². The number of nitrogens with zero attached hydrogens (tertiary/aromatic N) is 2. The van der Waals surface area contributed by atoms with E-state index in [1.54, 1.807) is 18.3 Å². The fraction of sp³-hybridized carbons (Fsp3) is 0.111. The number of hydrogen-bond acceptors (Lipinski definition) is 3. The molecule has 1 N–H and O–H groups in total. The Morgan fingerprint density at radius 1 is 1.21 bits per heavy atom. The SMILES string of the molecule is Cc1ccc(-n2ccnc2SCC(=O)Nc2ccccc2F)cc1. The second kappa shape index (κ2) is 7.31. The van der Waals surface area contributed by atoms with Crippen molar-refractivity contribution in [3.05, 3.63) is 72.3 Å². The minimum absolute atomic E-state index is 0.150. The minimum atomic E-state index is -0.447. The topological polar surface area (TPSA) is 46.9 Å². The van der Waals surface area contributed by atoms with Crippen LogP contribution in [0.25, 0.3) is 5.69 Å².